The lowest BCUT2D eigenvalue weighted by atomic mass is 10.1. The molecule has 2 aliphatic rings. The third-order valence-corrected chi connectivity index (χ3v) is 3.37. The van der Waals surface area contributed by atoms with Gasteiger partial charge in [-0.3, -0.25) is 4.90 Å². The molecule has 0 unspecified atom stereocenters. The first-order chi connectivity index (χ1) is 8.27. The van der Waals surface area contributed by atoms with E-state index in [0.29, 0.717) is 6.54 Å². The lowest BCUT2D eigenvalue weighted by molar-refractivity contribution is 0.303. The molecule has 0 spiro atoms. The zero-order valence-corrected chi connectivity index (χ0v) is 10.1. The average molecular weight is 239 g/mol. The third kappa shape index (κ3) is 3.50. The molecule has 17 heavy (non-hydrogen) atoms. The summed E-state index contributed by atoms with van der Waals surface area (Å²) in [5, 5.41) is 0. The number of allylic oxidation sites excluding steroid dienone is 4. The molecule has 0 N–H and O–H groups in total. The predicted molar refractivity (Wildman–Crippen MR) is 66.0 cm³/mol. The highest BCUT2D eigenvalue weighted by Gasteiger charge is 2.17. The van der Waals surface area contributed by atoms with Gasteiger partial charge in [-0.15, -0.1) is 0 Å². The molecule has 0 amide bonds. The van der Waals surface area contributed by atoms with Gasteiger partial charge in [-0.2, -0.15) is 0 Å². The summed E-state index contributed by atoms with van der Waals surface area (Å²) in [5.41, 5.74) is 0.247. The minimum atomic E-state index is -0.416. The lowest BCUT2D eigenvalue weighted by Gasteiger charge is -2.21. The van der Waals surface area contributed by atoms with Gasteiger partial charge in [-0.1, -0.05) is 25.0 Å². The topological polar surface area (TPSA) is 3.24 Å². The Balaban J connectivity index is 2.05. The molecule has 1 aliphatic heterocycles. The van der Waals surface area contributed by atoms with Gasteiger partial charge in [0.05, 0.1) is 0 Å². The fraction of sp³-hybridized carbons (Fsp3) is 0.571. The second-order valence-electron chi connectivity index (χ2n) is 4.72. The van der Waals surface area contributed by atoms with E-state index in [0.717, 1.165) is 25.9 Å². The van der Waals surface area contributed by atoms with E-state index >= 15 is 0 Å². The Morgan fingerprint density at radius 1 is 1.06 bits per heavy atom. The van der Waals surface area contributed by atoms with E-state index in [-0.39, 0.29) is 17.8 Å². The van der Waals surface area contributed by atoms with Crippen LogP contribution in [0.25, 0.3) is 0 Å². The molecule has 0 saturated carbocycles. The van der Waals surface area contributed by atoms with Crippen molar-refractivity contribution in [3.05, 3.63) is 35.5 Å². The van der Waals surface area contributed by atoms with E-state index in [1.165, 1.54) is 18.9 Å². The number of halogens is 2. The van der Waals surface area contributed by atoms with Gasteiger partial charge < -0.3 is 0 Å². The summed E-state index contributed by atoms with van der Waals surface area (Å²) in [7, 11) is 0. The van der Waals surface area contributed by atoms with Crippen molar-refractivity contribution >= 4 is 0 Å². The summed E-state index contributed by atoms with van der Waals surface area (Å²) in [6, 6.07) is 0. The number of nitrogens with zero attached hydrogens (tertiary/aromatic N) is 1. The molecule has 0 aromatic heterocycles. The highest BCUT2D eigenvalue weighted by Crippen LogP contribution is 2.25. The normalized spacial score (nSPS) is 23.3. The van der Waals surface area contributed by atoms with Crippen LogP contribution in [0, 0.1) is 0 Å². The van der Waals surface area contributed by atoms with E-state index < -0.39 is 5.83 Å². The first-order valence-electron chi connectivity index (χ1n) is 6.40. The molecule has 1 fully saturated rings. The first kappa shape index (κ1) is 12.5. The molecular formula is C14H19F2N. The van der Waals surface area contributed by atoms with E-state index in [9.17, 15) is 8.78 Å². The molecule has 0 atom stereocenters. The van der Waals surface area contributed by atoms with Crippen LogP contribution in [0.15, 0.2) is 35.5 Å². The second kappa shape index (κ2) is 6.10. The van der Waals surface area contributed by atoms with Gasteiger partial charge in [0.1, 0.15) is 11.7 Å². The summed E-state index contributed by atoms with van der Waals surface area (Å²) in [6.07, 6.45) is 9.56. The van der Waals surface area contributed by atoms with Crippen molar-refractivity contribution in [2.24, 2.45) is 0 Å². The van der Waals surface area contributed by atoms with Gasteiger partial charge in [0, 0.05) is 18.5 Å². The van der Waals surface area contributed by atoms with Crippen molar-refractivity contribution in [3.63, 3.8) is 0 Å². The summed E-state index contributed by atoms with van der Waals surface area (Å²) in [4.78, 5) is 2.17. The van der Waals surface area contributed by atoms with Crippen LogP contribution >= 0.6 is 0 Å². The fourth-order valence-electron chi connectivity index (χ4n) is 2.36. The summed E-state index contributed by atoms with van der Waals surface area (Å²) in [5.74, 6) is -0.739. The van der Waals surface area contributed by atoms with Crippen LogP contribution < -0.4 is 0 Å². The smallest absolute Gasteiger partial charge is 0.130 e. The maximum absolute atomic E-state index is 13.7. The zero-order valence-electron chi connectivity index (χ0n) is 10.1. The third-order valence-electron chi connectivity index (χ3n) is 3.37. The molecule has 0 radical (unpaired) electrons. The number of likely N-dealkylation sites (tertiary alicyclic amines) is 1. The molecule has 0 aromatic rings. The Bertz CT molecular complexity index is 347. The van der Waals surface area contributed by atoms with E-state index in [4.69, 9.17) is 0 Å². The molecule has 0 bridgehead atoms. The summed E-state index contributed by atoms with van der Waals surface area (Å²) < 4.78 is 27.4. The van der Waals surface area contributed by atoms with Gasteiger partial charge in [-0.05, 0) is 32.0 Å². The quantitative estimate of drug-likeness (QED) is 0.706. The molecule has 94 valence electrons. The lowest BCUT2D eigenvalue weighted by Crippen LogP contribution is -2.27. The second-order valence-corrected chi connectivity index (χ2v) is 4.72. The summed E-state index contributed by atoms with van der Waals surface area (Å²) in [6.45, 7) is 2.32. The predicted octanol–water partition coefficient (Wildman–Crippen LogP) is 3.90. The molecule has 1 nitrogen and oxygen atoms in total. The van der Waals surface area contributed by atoms with Gasteiger partial charge in [-0.25, -0.2) is 8.78 Å². The van der Waals surface area contributed by atoms with Gasteiger partial charge >= 0.3 is 0 Å². The van der Waals surface area contributed by atoms with E-state index in [2.05, 4.69) is 4.90 Å². The number of hydrogen-bond donors (Lipinski definition) is 0. The molecule has 2 rings (SSSR count). The standard InChI is InChI=1S/C14H19F2N/c15-13-7-3-4-8-14(16)12(13)11-17-9-5-1-2-6-10-17/h3-4,7H,1-2,5-6,8-11H2. The van der Waals surface area contributed by atoms with Crippen LogP contribution in [0.1, 0.15) is 32.1 Å². The van der Waals surface area contributed by atoms with Crippen molar-refractivity contribution in [1.82, 2.24) is 4.90 Å². The Morgan fingerprint density at radius 3 is 2.47 bits per heavy atom. The maximum atomic E-state index is 13.7. The Hall–Kier alpha value is -0.960. The Labute approximate surface area is 101 Å². The minimum absolute atomic E-state index is 0.215. The van der Waals surface area contributed by atoms with Crippen LogP contribution in [0.2, 0.25) is 0 Å². The van der Waals surface area contributed by atoms with Crippen LogP contribution in [0.3, 0.4) is 0 Å². The summed E-state index contributed by atoms with van der Waals surface area (Å²) >= 11 is 0. The Morgan fingerprint density at radius 2 is 1.76 bits per heavy atom. The maximum Gasteiger partial charge on any atom is 0.130 e. The highest BCUT2D eigenvalue weighted by atomic mass is 19.1. The van der Waals surface area contributed by atoms with Gasteiger partial charge in [0.25, 0.3) is 0 Å². The minimum Gasteiger partial charge on any atom is -0.299 e. The van der Waals surface area contributed by atoms with Gasteiger partial charge in [0.2, 0.25) is 0 Å². The fourth-order valence-corrected chi connectivity index (χ4v) is 2.36. The Kier molecular flexibility index (Phi) is 4.49. The van der Waals surface area contributed by atoms with Crippen molar-refractivity contribution in [3.8, 4) is 0 Å². The number of hydrogen-bond acceptors (Lipinski definition) is 1. The van der Waals surface area contributed by atoms with Crippen molar-refractivity contribution in [1.29, 1.82) is 0 Å². The molecule has 1 aliphatic carbocycles. The molecule has 3 heteroatoms. The molecule has 1 heterocycles. The van der Waals surface area contributed by atoms with E-state index in [1.807, 2.05) is 0 Å². The SMILES string of the molecule is FC1=CC=CCC(F)=C1CN1CCCCCC1. The molecule has 1 saturated heterocycles. The van der Waals surface area contributed by atoms with Crippen molar-refractivity contribution in [2.45, 2.75) is 32.1 Å². The molecule has 0 aromatic carbocycles. The highest BCUT2D eigenvalue weighted by molar-refractivity contribution is 5.35. The average Bonchev–Trinajstić information content (AvgIpc) is 2.65. The largest absolute Gasteiger partial charge is 0.299 e. The van der Waals surface area contributed by atoms with E-state index in [1.54, 1.807) is 12.2 Å². The van der Waals surface area contributed by atoms with Crippen molar-refractivity contribution < 1.29 is 8.78 Å². The van der Waals surface area contributed by atoms with Crippen molar-refractivity contribution in [2.75, 3.05) is 19.6 Å². The first-order valence-corrected chi connectivity index (χ1v) is 6.40. The molecular weight excluding hydrogens is 220 g/mol. The van der Waals surface area contributed by atoms with Crippen LogP contribution in [-0.4, -0.2) is 24.5 Å². The zero-order chi connectivity index (χ0) is 12.1. The van der Waals surface area contributed by atoms with Crippen LogP contribution in [-0.2, 0) is 0 Å². The van der Waals surface area contributed by atoms with Gasteiger partial charge in [0.15, 0.2) is 0 Å². The monoisotopic (exact) mass is 239 g/mol. The van der Waals surface area contributed by atoms with Crippen LogP contribution in [0.4, 0.5) is 8.78 Å². The van der Waals surface area contributed by atoms with Crippen LogP contribution in [0.5, 0.6) is 0 Å². The number of rotatable bonds is 2.